The van der Waals surface area contributed by atoms with Crippen LogP contribution in [0.5, 0.6) is 5.75 Å². The van der Waals surface area contributed by atoms with E-state index < -0.39 is 0 Å². The normalized spacial score (nSPS) is 17.2. The maximum atomic E-state index is 12.1. The first-order valence-corrected chi connectivity index (χ1v) is 6.76. The van der Waals surface area contributed by atoms with Crippen molar-refractivity contribution >= 4 is 11.6 Å². The van der Waals surface area contributed by atoms with Crippen LogP contribution in [0, 0.1) is 6.92 Å². The number of methoxy groups -OCH3 is 1. The largest absolute Gasteiger partial charge is 0.497 e. The molecule has 1 aliphatic carbocycles. The van der Waals surface area contributed by atoms with Gasteiger partial charge in [0.05, 0.1) is 7.11 Å². The number of nitrogens with two attached hydrogens (primary N) is 1. The van der Waals surface area contributed by atoms with Crippen LogP contribution in [-0.2, 0) is 4.79 Å². The van der Waals surface area contributed by atoms with Gasteiger partial charge in [0, 0.05) is 17.6 Å². The van der Waals surface area contributed by atoms with Crippen molar-refractivity contribution in [3.05, 3.63) is 23.8 Å². The van der Waals surface area contributed by atoms with Gasteiger partial charge in [-0.05, 0) is 43.5 Å². The van der Waals surface area contributed by atoms with Crippen molar-refractivity contribution in [2.24, 2.45) is 5.73 Å². The Labute approximate surface area is 114 Å². The fraction of sp³-hybridized carbons (Fsp3) is 0.533. The Morgan fingerprint density at radius 3 is 2.68 bits per heavy atom. The highest BCUT2D eigenvalue weighted by atomic mass is 16.5. The van der Waals surface area contributed by atoms with Crippen LogP contribution in [0.15, 0.2) is 18.2 Å². The highest BCUT2D eigenvalue weighted by molar-refractivity contribution is 5.92. The molecule has 0 saturated heterocycles. The minimum Gasteiger partial charge on any atom is -0.497 e. The summed E-state index contributed by atoms with van der Waals surface area (Å²) in [5.41, 5.74) is 7.73. The molecule has 4 nitrogen and oxygen atoms in total. The molecule has 1 fully saturated rings. The van der Waals surface area contributed by atoms with E-state index in [1.807, 2.05) is 25.1 Å². The Hall–Kier alpha value is -1.55. The SMILES string of the molecule is COc1ccc(NC(=O)CC2(N)CCCC2)c(C)c1. The van der Waals surface area contributed by atoms with Crippen molar-refractivity contribution in [3.8, 4) is 5.75 Å². The summed E-state index contributed by atoms with van der Waals surface area (Å²) in [6.07, 6.45) is 4.55. The van der Waals surface area contributed by atoms with Crippen molar-refractivity contribution in [2.45, 2.75) is 44.6 Å². The third kappa shape index (κ3) is 3.47. The molecule has 0 bridgehead atoms. The predicted octanol–water partition coefficient (Wildman–Crippen LogP) is 2.60. The minimum absolute atomic E-state index is 0.00216. The van der Waals surface area contributed by atoms with Gasteiger partial charge in [-0.15, -0.1) is 0 Å². The molecule has 0 aromatic heterocycles. The number of amides is 1. The van der Waals surface area contributed by atoms with E-state index in [9.17, 15) is 4.79 Å². The van der Waals surface area contributed by atoms with E-state index >= 15 is 0 Å². The fourth-order valence-electron chi connectivity index (χ4n) is 2.67. The lowest BCUT2D eigenvalue weighted by Gasteiger charge is -2.22. The molecule has 1 saturated carbocycles. The Morgan fingerprint density at radius 1 is 1.42 bits per heavy atom. The van der Waals surface area contributed by atoms with Crippen LogP contribution in [0.3, 0.4) is 0 Å². The molecular weight excluding hydrogens is 240 g/mol. The molecule has 2 rings (SSSR count). The quantitative estimate of drug-likeness (QED) is 0.876. The van der Waals surface area contributed by atoms with Gasteiger partial charge in [-0.25, -0.2) is 0 Å². The Morgan fingerprint density at radius 2 is 2.11 bits per heavy atom. The van der Waals surface area contributed by atoms with Gasteiger partial charge >= 0.3 is 0 Å². The number of aryl methyl sites for hydroxylation is 1. The van der Waals surface area contributed by atoms with Crippen LogP contribution >= 0.6 is 0 Å². The molecule has 104 valence electrons. The Balaban J connectivity index is 1.98. The summed E-state index contributed by atoms with van der Waals surface area (Å²) in [5, 5.41) is 2.94. The van der Waals surface area contributed by atoms with Crippen LogP contribution in [0.4, 0.5) is 5.69 Å². The third-order valence-corrected chi connectivity index (χ3v) is 3.82. The lowest BCUT2D eigenvalue weighted by Crippen LogP contribution is -2.40. The number of rotatable bonds is 4. The van der Waals surface area contributed by atoms with Crippen molar-refractivity contribution in [1.82, 2.24) is 0 Å². The molecule has 1 aliphatic rings. The van der Waals surface area contributed by atoms with Crippen LogP contribution in [0.2, 0.25) is 0 Å². The number of benzene rings is 1. The average molecular weight is 262 g/mol. The zero-order chi connectivity index (χ0) is 13.9. The van der Waals surface area contributed by atoms with Gasteiger partial charge in [-0.1, -0.05) is 12.8 Å². The lowest BCUT2D eigenvalue weighted by atomic mass is 9.94. The Bertz CT molecular complexity index is 465. The summed E-state index contributed by atoms with van der Waals surface area (Å²) in [6, 6.07) is 5.61. The smallest absolute Gasteiger partial charge is 0.226 e. The van der Waals surface area contributed by atoms with E-state index in [1.165, 1.54) is 0 Å². The maximum Gasteiger partial charge on any atom is 0.226 e. The first kappa shape index (κ1) is 13.9. The molecule has 19 heavy (non-hydrogen) atoms. The number of anilines is 1. The highest BCUT2D eigenvalue weighted by Gasteiger charge is 2.31. The topological polar surface area (TPSA) is 64.3 Å². The van der Waals surface area contributed by atoms with Gasteiger partial charge in [-0.2, -0.15) is 0 Å². The molecule has 0 unspecified atom stereocenters. The van der Waals surface area contributed by atoms with Gasteiger partial charge in [0.1, 0.15) is 5.75 Å². The summed E-state index contributed by atoms with van der Waals surface area (Å²) in [5.74, 6) is 0.791. The highest BCUT2D eigenvalue weighted by Crippen LogP contribution is 2.30. The fourth-order valence-corrected chi connectivity index (χ4v) is 2.67. The second kappa shape index (κ2) is 5.61. The molecule has 1 aromatic rings. The second-order valence-electron chi connectivity index (χ2n) is 5.48. The van der Waals surface area contributed by atoms with Gasteiger partial charge in [0.2, 0.25) is 5.91 Å². The Kier molecular flexibility index (Phi) is 4.10. The summed E-state index contributed by atoms with van der Waals surface area (Å²) in [7, 11) is 1.63. The van der Waals surface area contributed by atoms with Crippen molar-refractivity contribution in [1.29, 1.82) is 0 Å². The van der Waals surface area contributed by atoms with Crippen molar-refractivity contribution in [2.75, 3.05) is 12.4 Å². The van der Waals surface area contributed by atoms with Crippen LogP contribution < -0.4 is 15.8 Å². The number of carbonyl (C=O) groups is 1. The van der Waals surface area contributed by atoms with Gasteiger partial charge in [-0.3, -0.25) is 4.79 Å². The molecule has 3 N–H and O–H groups in total. The van der Waals surface area contributed by atoms with E-state index in [0.717, 1.165) is 42.7 Å². The summed E-state index contributed by atoms with van der Waals surface area (Å²) in [4.78, 5) is 12.1. The number of ether oxygens (including phenoxy) is 1. The molecule has 0 radical (unpaired) electrons. The lowest BCUT2D eigenvalue weighted by molar-refractivity contribution is -0.117. The maximum absolute atomic E-state index is 12.1. The molecule has 0 spiro atoms. The first-order chi connectivity index (χ1) is 9.02. The number of hydrogen-bond acceptors (Lipinski definition) is 3. The van der Waals surface area contributed by atoms with Crippen LogP contribution in [0.1, 0.15) is 37.7 Å². The summed E-state index contributed by atoms with van der Waals surface area (Å²) < 4.78 is 5.15. The van der Waals surface area contributed by atoms with E-state index in [1.54, 1.807) is 7.11 Å². The van der Waals surface area contributed by atoms with E-state index in [0.29, 0.717) is 6.42 Å². The van der Waals surface area contributed by atoms with E-state index in [2.05, 4.69) is 5.32 Å². The van der Waals surface area contributed by atoms with Crippen LogP contribution in [-0.4, -0.2) is 18.6 Å². The van der Waals surface area contributed by atoms with Crippen molar-refractivity contribution in [3.63, 3.8) is 0 Å². The molecule has 4 heteroatoms. The van der Waals surface area contributed by atoms with Crippen LogP contribution in [0.25, 0.3) is 0 Å². The summed E-state index contributed by atoms with van der Waals surface area (Å²) >= 11 is 0. The minimum atomic E-state index is -0.301. The van der Waals surface area contributed by atoms with E-state index in [4.69, 9.17) is 10.5 Å². The molecule has 0 atom stereocenters. The van der Waals surface area contributed by atoms with Gasteiger partial charge in [0.15, 0.2) is 0 Å². The second-order valence-corrected chi connectivity index (χ2v) is 5.48. The number of hydrogen-bond donors (Lipinski definition) is 2. The number of nitrogens with one attached hydrogen (secondary N) is 1. The molecule has 1 aromatic carbocycles. The summed E-state index contributed by atoms with van der Waals surface area (Å²) in [6.45, 7) is 1.95. The molecule has 0 aliphatic heterocycles. The first-order valence-electron chi connectivity index (χ1n) is 6.76. The van der Waals surface area contributed by atoms with Gasteiger partial charge in [0.25, 0.3) is 0 Å². The average Bonchev–Trinajstić information content (AvgIpc) is 2.78. The van der Waals surface area contributed by atoms with E-state index in [-0.39, 0.29) is 11.4 Å². The predicted molar refractivity (Wildman–Crippen MR) is 76.4 cm³/mol. The third-order valence-electron chi connectivity index (χ3n) is 3.82. The zero-order valence-corrected chi connectivity index (χ0v) is 11.7. The standard InChI is InChI=1S/C15H22N2O2/c1-11-9-12(19-2)5-6-13(11)17-14(18)10-15(16)7-3-4-8-15/h5-6,9H,3-4,7-8,10,16H2,1-2H3,(H,17,18). The van der Waals surface area contributed by atoms with Crippen molar-refractivity contribution < 1.29 is 9.53 Å². The zero-order valence-electron chi connectivity index (χ0n) is 11.7. The molecule has 1 amide bonds. The molecule has 0 heterocycles. The van der Waals surface area contributed by atoms with Gasteiger partial charge < -0.3 is 15.8 Å². The molecular formula is C15H22N2O2. The monoisotopic (exact) mass is 262 g/mol. The number of carbonyl (C=O) groups excluding carboxylic acids is 1.